The molecule has 3 aliphatic rings. The normalized spacial score (nSPS) is 18.6. The minimum Gasteiger partial charge on any atom is -0.480 e. The van der Waals surface area contributed by atoms with E-state index in [2.05, 4.69) is 49.2 Å². The third-order valence-electron chi connectivity index (χ3n) is 10.3. The van der Waals surface area contributed by atoms with Crippen molar-refractivity contribution >= 4 is 54.6 Å². The Labute approximate surface area is 346 Å². The van der Waals surface area contributed by atoms with Gasteiger partial charge in [-0.05, 0) is 50.5 Å². The van der Waals surface area contributed by atoms with Crippen LogP contribution in [0.4, 0.5) is 0 Å². The van der Waals surface area contributed by atoms with E-state index in [1.807, 2.05) is 6.92 Å². The molecule has 20 heteroatoms. The van der Waals surface area contributed by atoms with Gasteiger partial charge in [-0.2, -0.15) is 0 Å². The molecule has 0 N–H and O–H groups in total. The van der Waals surface area contributed by atoms with Crippen molar-refractivity contribution in [3.8, 4) is 46.0 Å². The van der Waals surface area contributed by atoms with Gasteiger partial charge in [0.2, 0.25) is 9.03 Å². The van der Waals surface area contributed by atoms with Crippen molar-refractivity contribution in [1.29, 1.82) is 0 Å². The van der Waals surface area contributed by atoms with Gasteiger partial charge in [-0.15, -0.1) is 0 Å². The molecule has 0 aliphatic carbocycles. The summed E-state index contributed by atoms with van der Waals surface area (Å²) < 4.78 is 82.7. The number of ether oxygens (including phenoxy) is 3. The summed E-state index contributed by atoms with van der Waals surface area (Å²) in [4.78, 5) is 0. The molecule has 0 aromatic heterocycles. The Bertz CT molecular complexity index is 1690. The fourth-order valence-electron chi connectivity index (χ4n) is 5.69. The van der Waals surface area contributed by atoms with Crippen LogP contribution in [-0.2, 0) is 27.8 Å². The topological polar surface area (TPSA) is 129 Å². The van der Waals surface area contributed by atoms with Crippen LogP contribution < -0.4 is 36.2 Å². The van der Waals surface area contributed by atoms with Crippen LogP contribution in [0.1, 0.15) is 45.6 Å². The molecule has 0 bridgehead atoms. The average Bonchev–Trinajstić information content (AvgIpc) is 3.17. The van der Waals surface area contributed by atoms with Crippen molar-refractivity contribution in [3.05, 3.63) is 60.2 Å². The lowest BCUT2D eigenvalue weighted by atomic mass is 9.84. The second-order valence-electron chi connectivity index (χ2n) is 14.4. The van der Waals surface area contributed by atoms with Gasteiger partial charge in [0, 0.05) is 52.1 Å². The molecule has 6 unspecified atom stereocenters. The van der Waals surface area contributed by atoms with Crippen molar-refractivity contribution in [1.82, 2.24) is 0 Å². The first-order valence-electron chi connectivity index (χ1n) is 18.5. The standard InChI is InChI=1S/C37H52O14P6/c1-5-35(17-38-18-35)23-41-55-47-30-12-29(44-52)13-31(14-30)50-56(42-24-36(6-2)19-39-20-36)48-27-8-10-28(11-9-27)49-57(43-25-37(7-3)21-40-22-37)51-32-15-33(45-53)26(4)34(16-32)46-54/h8-16,55H,5-7,17-25,52-54H2,1-4H3. The minimum absolute atomic E-state index is 0.0584. The van der Waals surface area contributed by atoms with E-state index >= 15 is 0 Å². The van der Waals surface area contributed by atoms with Crippen LogP contribution in [-0.4, -0.2) is 59.5 Å². The molecular formula is C37H52O14P6. The number of rotatable bonds is 25. The van der Waals surface area contributed by atoms with Crippen LogP contribution in [0.25, 0.3) is 0 Å². The lowest BCUT2D eigenvalue weighted by molar-refractivity contribution is -0.134. The summed E-state index contributed by atoms with van der Waals surface area (Å²) in [6, 6.07) is 15.9. The maximum absolute atomic E-state index is 6.37. The molecule has 6 atom stereocenters. The molecule has 14 nitrogen and oxygen atoms in total. The van der Waals surface area contributed by atoms with Gasteiger partial charge in [-0.25, -0.2) is 0 Å². The van der Waals surface area contributed by atoms with E-state index in [9.17, 15) is 0 Å². The summed E-state index contributed by atoms with van der Waals surface area (Å²) in [6.45, 7) is 13.5. The summed E-state index contributed by atoms with van der Waals surface area (Å²) in [5.41, 5.74) is 0.677. The van der Waals surface area contributed by atoms with Crippen LogP contribution in [0.5, 0.6) is 46.0 Å². The highest BCUT2D eigenvalue weighted by atomic mass is 31.2. The first-order chi connectivity index (χ1) is 27.7. The van der Waals surface area contributed by atoms with Crippen LogP contribution in [0, 0.1) is 23.2 Å². The predicted molar refractivity (Wildman–Crippen MR) is 229 cm³/mol. The van der Waals surface area contributed by atoms with Gasteiger partial charge in [0.15, 0.2) is 0 Å². The van der Waals surface area contributed by atoms with Crippen molar-refractivity contribution in [2.75, 3.05) is 59.5 Å². The predicted octanol–water partition coefficient (Wildman–Crippen LogP) is 10.1. The zero-order valence-corrected chi connectivity index (χ0v) is 38.8. The molecule has 3 aromatic carbocycles. The third kappa shape index (κ3) is 12.0. The largest absolute Gasteiger partial charge is 0.480 e. The summed E-state index contributed by atoms with van der Waals surface area (Å²) in [5.74, 6) is 4.10. The van der Waals surface area contributed by atoms with Gasteiger partial charge in [0.25, 0.3) is 0 Å². The smallest absolute Gasteiger partial charge is 0.463 e. The highest BCUT2D eigenvalue weighted by molar-refractivity contribution is 7.42. The van der Waals surface area contributed by atoms with E-state index in [0.29, 0.717) is 105 Å². The molecule has 3 saturated heterocycles. The number of benzene rings is 3. The molecule has 0 spiro atoms. The maximum atomic E-state index is 6.37. The quantitative estimate of drug-likeness (QED) is 0.0591. The number of hydrogen-bond donors (Lipinski definition) is 0. The molecule has 3 fully saturated rings. The van der Waals surface area contributed by atoms with Crippen LogP contribution in [0.15, 0.2) is 54.6 Å². The zero-order valence-electron chi connectivity index (χ0n) is 32.5. The highest BCUT2D eigenvalue weighted by Gasteiger charge is 2.40. The molecule has 0 saturated carbocycles. The SMILES string of the molecule is CCC1(COPOc2cc(OP)cc(OP(OCC3(CC)COC3)Oc3ccc(OP(OCC4(CC)COC4)Oc4cc(OP)c(C)c(OP)c4)cc3)c2)COC1. The van der Waals surface area contributed by atoms with E-state index in [0.717, 1.165) is 24.8 Å². The molecule has 57 heavy (non-hydrogen) atoms. The van der Waals surface area contributed by atoms with E-state index in [1.54, 1.807) is 54.6 Å². The van der Waals surface area contributed by atoms with Gasteiger partial charge in [0.1, 0.15) is 46.0 Å². The monoisotopic (exact) mass is 906 g/mol. The van der Waals surface area contributed by atoms with Crippen molar-refractivity contribution in [3.63, 3.8) is 0 Å². The van der Waals surface area contributed by atoms with E-state index in [4.69, 9.17) is 64.0 Å². The summed E-state index contributed by atoms with van der Waals surface area (Å²) in [6.07, 6.45) is 2.77. The maximum Gasteiger partial charge on any atom is 0.463 e. The van der Waals surface area contributed by atoms with Gasteiger partial charge in [-0.1, -0.05) is 20.8 Å². The lowest BCUT2D eigenvalue weighted by Gasteiger charge is -2.40. The fourth-order valence-corrected chi connectivity index (χ4v) is 9.14. The van der Waals surface area contributed by atoms with Gasteiger partial charge in [0.05, 0.1) is 87.9 Å². The molecule has 3 aromatic rings. The zero-order chi connectivity index (χ0) is 40.3. The Morgan fingerprint density at radius 1 is 0.544 bits per heavy atom. The molecule has 0 amide bonds. The van der Waals surface area contributed by atoms with Gasteiger partial charge in [-0.3, -0.25) is 9.05 Å². The fraction of sp³-hybridized carbons (Fsp3) is 0.514. The van der Waals surface area contributed by atoms with Crippen LogP contribution in [0.2, 0.25) is 0 Å². The average molecular weight is 907 g/mol. The van der Waals surface area contributed by atoms with E-state index in [-0.39, 0.29) is 25.3 Å². The summed E-state index contributed by atoms with van der Waals surface area (Å²) in [5, 5.41) is 0. The highest BCUT2D eigenvalue weighted by Crippen LogP contribution is 2.49. The van der Waals surface area contributed by atoms with Gasteiger partial charge >= 0.3 is 17.2 Å². The number of hydrogen-bond acceptors (Lipinski definition) is 14. The molecule has 6 rings (SSSR count). The van der Waals surface area contributed by atoms with Crippen molar-refractivity contribution in [2.24, 2.45) is 16.2 Å². The second kappa shape index (κ2) is 21.3. The van der Waals surface area contributed by atoms with Crippen molar-refractivity contribution in [2.45, 2.75) is 47.0 Å². The molecule has 314 valence electrons. The summed E-state index contributed by atoms with van der Waals surface area (Å²) in [7, 11) is 2.68. The van der Waals surface area contributed by atoms with Crippen LogP contribution in [0.3, 0.4) is 0 Å². The van der Waals surface area contributed by atoms with E-state index < -0.39 is 17.2 Å². The Hall–Kier alpha value is -1.60. The first kappa shape index (κ1) is 44.9. The molecule has 3 aliphatic heterocycles. The minimum atomic E-state index is -1.94. The Kier molecular flexibility index (Phi) is 16.8. The van der Waals surface area contributed by atoms with Crippen LogP contribution >= 0.6 is 54.6 Å². The Morgan fingerprint density at radius 3 is 1.35 bits per heavy atom. The third-order valence-corrected chi connectivity index (χ3v) is 13.8. The molecule has 0 radical (unpaired) electrons. The first-order valence-corrected chi connectivity index (χ1v) is 22.9. The second-order valence-corrected chi connectivity index (χ2v) is 17.9. The molecule has 3 heterocycles. The Balaban J connectivity index is 1.14. The lowest BCUT2D eigenvalue weighted by Crippen LogP contribution is -2.45. The summed E-state index contributed by atoms with van der Waals surface area (Å²) >= 11 is 0. The molecular weight excluding hydrogens is 854 g/mol. The van der Waals surface area contributed by atoms with Gasteiger partial charge < -0.3 is 54.9 Å². The Morgan fingerprint density at radius 2 is 0.947 bits per heavy atom. The van der Waals surface area contributed by atoms with Crippen molar-refractivity contribution < 1.29 is 64.0 Å². The van der Waals surface area contributed by atoms with E-state index in [1.165, 1.54) is 0 Å².